The smallest absolute Gasteiger partial charge is 0.411 e. The molecule has 7 heteroatoms. The summed E-state index contributed by atoms with van der Waals surface area (Å²) in [5.41, 5.74) is -0.673. The van der Waals surface area contributed by atoms with Gasteiger partial charge in [0.25, 0.3) is 0 Å². The fourth-order valence-corrected chi connectivity index (χ4v) is 3.85. The van der Waals surface area contributed by atoms with Crippen molar-refractivity contribution in [1.29, 1.82) is 0 Å². The molecule has 0 spiro atoms. The van der Waals surface area contributed by atoms with E-state index in [1.807, 2.05) is 0 Å². The molecule has 3 rings (SSSR count). The normalized spacial score (nSPS) is 39.0. The molecule has 2 heterocycles. The first-order chi connectivity index (χ1) is 10.0. The Balaban J connectivity index is 1.87. The molecular weight excluding hydrogens is 290 g/mol. The quantitative estimate of drug-likeness (QED) is 0.791. The van der Waals surface area contributed by atoms with Crippen molar-refractivity contribution in [2.24, 2.45) is 5.92 Å². The molecule has 0 aromatic carbocycles. The number of carboxylic acid groups (broad SMARTS) is 1. The molecule has 7 nitrogen and oxygen atoms in total. The van der Waals surface area contributed by atoms with Crippen LogP contribution >= 0.6 is 0 Å². The average molecular weight is 313 g/mol. The maximum atomic E-state index is 12.5. The number of carbonyl (C=O) groups excluding carboxylic acids is 1. The summed E-state index contributed by atoms with van der Waals surface area (Å²) >= 11 is 0. The molecule has 5 atom stereocenters. The van der Waals surface area contributed by atoms with Crippen molar-refractivity contribution in [2.45, 2.75) is 76.7 Å². The van der Waals surface area contributed by atoms with Crippen molar-refractivity contribution in [2.75, 3.05) is 0 Å². The molecule has 1 N–H and O–H groups in total. The molecule has 0 unspecified atom stereocenters. The Kier molecular flexibility index (Phi) is 3.24. The number of fused-ring (bicyclic) bond motifs is 5. The summed E-state index contributed by atoms with van der Waals surface area (Å²) < 4.78 is 17.1. The van der Waals surface area contributed by atoms with E-state index in [2.05, 4.69) is 0 Å². The summed E-state index contributed by atoms with van der Waals surface area (Å²) in [6.45, 7) is 8.89. The van der Waals surface area contributed by atoms with Gasteiger partial charge in [0.2, 0.25) is 0 Å². The standard InChI is InChI=1S/C15H23NO6/c1-14(2,3)22-13(19)16-8-6-7(9(16)12(17)18)10-11(8)21-15(4,5)20-10/h7-11H,6H2,1-5H3,(H,17,18)/t7-,8+,9+,10+,11-/m1/s1. The van der Waals surface area contributed by atoms with Gasteiger partial charge in [0.15, 0.2) is 5.79 Å². The molecule has 2 aliphatic heterocycles. The highest BCUT2D eigenvalue weighted by Gasteiger charge is 2.66. The number of ether oxygens (including phenoxy) is 3. The number of carbonyl (C=O) groups is 2. The van der Waals surface area contributed by atoms with Gasteiger partial charge in [-0.15, -0.1) is 0 Å². The Morgan fingerprint density at radius 2 is 1.82 bits per heavy atom. The average Bonchev–Trinajstić information content (AvgIpc) is 2.91. The Morgan fingerprint density at radius 1 is 1.23 bits per heavy atom. The maximum Gasteiger partial charge on any atom is 0.411 e. The highest BCUT2D eigenvalue weighted by Crippen LogP contribution is 2.51. The zero-order valence-corrected chi connectivity index (χ0v) is 13.5. The van der Waals surface area contributed by atoms with Crippen molar-refractivity contribution in [3.8, 4) is 0 Å². The number of nitrogens with zero attached hydrogens (tertiary/aromatic N) is 1. The van der Waals surface area contributed by atoms with Crippen molar-refractivity contribution in [1.82, 2.24) is 4.90 Å². The van der Waals surface area contributed by atoms with Gasteiger partial charge < -0.3 is 19.3 Å². The molecular formula is C15H23NO6. The summed E-state index contributed by atoms with van der Waals surface area (Å²) in [5, 5.41) is 9.56. The maximum absolute atomic E-state index is 12.5. The van der Waals surface area contributed by atoms with Crippen LogP contribution in [0, 0.1) is 5.92 Å². The largest absolute Gasteiger partial charge is 0.480 e. The summed E-state index contributed by atoms with van der Waals surface area (Å²) in [4.78, 5) is 25.5. The van der Waals surface area contributed by atoms with Gasteiger partial charge in [-0.1, -0.05) is 0 Å². The molecule has 0 aromatic heterocycles. The fraction of sp³-hybridized carbons (Fsp3) is 0.867. The molecule has 0 aromatic rings. The second-order valence-corrected chi connectivity index (χ2v) is 7.70. The molecule has 1 amide bonds. The molecule has 1 aliphatic carbocycles. The minimum Gasteiger partial charge on any atom is -0.480 e. The van der Waals surface area contributed by atoms with Crippen LogP contribution in [-0.2, 0) is 19.0 Å². The highest BCUT2D eigenvalue weighted by molar-refractivity contribution is 5.82. The van der Waals surface area contributed by atoms with E-state index < -0.39 is 29.5 Å². The van der Waals surface area contributed by atoms with E-state index in [9.17, 15) is 14.7 Å². The van der Waals surface area contributed by atoms with Crippen LogP contribution in [0.25, 0.3) is 0 Å². The van der Waals surface area contributed by atoms with Crippen LogP contribution < -0.4 is 0 Å². The van der Waals surface area contributed by atoms with Crippen molar-refractivity contribution >= 4 is 12.1 Å². The molecule has 2 bridgehead atoms. The molecule has 0 radical (unpaired) electrons. The molecule has 3 fully saturated rings. The van der Waals surface area contributed by atoms with E-state index in [1.54, 1.807) is 34.6 Å². The van der Waals surface area contributed by atoms with Gasteiger partial charge >= 0.3 is 12.1 Å². The van der Waals surface area contributed by atoms with Crippen LogP contribution in [0.15, 0.2) is 0 Å². The Hall–Kier alpha value is -1.34. The van der Waals surface area contributed by atoms with E-state index in [1.165, 1.54) is 4.90 Å². The van der Waals surface area contributed by atoms with Crippen molar-refractivity contribution in [3.05, 3.63) is 0 Å². The second kappa shape index (κ2) is 4.58. The third-order valence-electron chi connectivity index (χ3n) is 4.40. The third kappa shape index (κ3) is 2.36. The summed E-state index contributed by atoms with van der Waals surface area (Å²) in [6, 6.07) is -1.23. The van der Waals surface area contributed by atoms with Gasteiger partial charge in [0.1, 0.15) is 17.7 Å². The van der Waals surface area contributed by atoms with Crippen molar-refractivity contribution in [3.63, 3.8) is 0 Å². The van der Waals surface area contributed by atoms with Crippen LogP contribution in [0.2, 0.25) is 0 Å². The number of carboxylic acids is 1. The molecule has 3 aliphatic rings. The minimum atomic E-state index is -1.02. The number of likely N-dealkylation sites (tertiary alicyclic amines) is 1. The first kappa shape index (κ1) is 15.6. The monoisotopic (exact) mass is 313 g/mol. The van der Waals surface area contributed by atoms with Crippen LogP contribution in [-0.4, -0.2) is 57.7 Å². The first-order valence-electron chi connectivity index (χ1n) is 7.60. The zero-order chi connectivity index (χ0) is 16.4. The molecule has 22 heavy (non-hydrogen) atoms. The Bertz CT molecular complexity index is 511. The molecule has 124 valence electrons. The second-order valence-electron chi connectivity index (χ2n) is 7.70. The minimum absolute atomic E-state index is 0.262. The number of amides is 1. The van der Waals surface area contributed by atoms with E-state index in [4.69, 9.17) is 14.2 Å². The van der Waals surface area contributed by atoms with Crippen LogP contribution in [0.3, 0.4) is 0 Å². The summed E-state index contributed by atoms with van der Waals surface area (Å²) in [5.74, 6) is -2.04. The van der Waals surface area contributed by atoms with Gasteiger partial charge in [0.05, 0.1) is 12.1 Å². The van der Waals surface area contributed by atoms with Crippen LogP contribution in [0.1, 0.15) is 41.0 Å². The summed E-state index contributed by atoms with van der Waals surface area (Å²) in [6.07, 6.45) is -0.594. The van der Waals surface area contributed by atoms with Crippen LogP contribution in [0.5, 0.6) is 0 Å². The van der Waals surface area contributed by atoms with E-state index in [0.717, 1.165) is 0 Å². The number of aliphatic carboxylic acids is 1. The summed E-state index contributed by atoms with van der Waals surface area (Å²) in [7, 11) is 0. The topological polar surface area (TPSA) is 85.3 Å². The van der Waals surface area contributed by atoms with Crippen molar-refractivity contribution < 1.29 is 28.9 Å². The van der Waals surface area contributed by atoms with Gasteiger partial charge in [-0.05, 0) is 41.0 Å². The highest BCUT2D eigenvalue weighted by atomic mass is 16.8. The van der Waals surface area contributed by atoms with Gasteiger partial charge in [-0.3, -0.25) is 4.90 Å². The lowest BCUT2D eigenvalue weighted by Crippen LogP contribution is -2.58. The number of piperidine rings is 1. The van der Waals surface area contributed by atoms with Gasteiger partial charge in [0, 0.05) is 5.92 Å². The number of rotatable bonds is 1. The molecule has 2 saturated heterocycles. The number of hydrogen-bond donors (Lipinski definition) is 1. The lowest BCUT2D eigenvalue weighted by Gasteiger charge is -2.38. The Labute approximate surface area is 129 Å². The zero-order valence-electron chi connectivity index (χ0n) is 13.5. The van der Waals surface area contributed by atoms with E-state index >= 15 is 0 Å². The lowest BCUT2D eigenvalue weighted by molar-refractivity contribution is -0.157. The van der Waals surface area contributed by atoms with E-state index in [0.29, 0.717) is 6.42 Å². The van der Waals surface area contributed by atoms with Crippen LogP contribution in [0.4, 0.5) is 4.79 Å². The van der Waals surface area contributed by atoms with Gasteiger partial charge in [-0.25, -0.2) is 9.59 Å². The fourth-order valence-electron chi connectivity index (χ4n) is 3.85. The van der Waals surface area contributed by atoms with E-state index in [-0.39, 0.29) is 24.2 Å². The molecule has 1 saturated carbocycles. The third-order valence-corrected chi connectivity index (χ3v) is 4.40. The predicted octanol–water partition coefficient (Wildman–Crippen LogP) is 1.60. The first-order valence-corrected chi connectivity index (χ1v) is 7.60. The van der Waals surface area contributed by atoms with Gasteiger partial charge in [-0.2, -0.15) is 0 Å². The SMILES string of the molecule is CC(C)(C)OC(=O)N1[C@H](C(=O)O)[C@H]2C[C@H]1[C@H]1OC(C)(C)O[C@@H]21. The number of hydrogen-bond acceptors (Lipinski definition) is 5. The lowest BCUT2D eigenvalue weighted by atomic mass is 9.95. The Morgan fingerprint density at radius 3 is 2.36 bits per heavy atom. The predicted molar refractivity (Wildman–Crippen MR) is 75.2 cm³/mol.